The molecule has 18 heavy (non-hydrogen) atoms. The number of hydrogen-bond donors (Lipinski definition) is 1. The lowest BCUT2D eigenvalue weighted by Gasteiger charge is -2.40. The van der Waals surface area contributed by atoms with Gasteiger partial charge in [-0.1, -0.05) is 19.3 Å². The molecular formula is C11H21F2O4P. The smallest absolute Gasteiger partial charge is 0.383 e. The maximum atomic E-state index is 14.4. The molecule has 0 radical (unpaired) electrons. The normalized spacial score (nSPS) is 20.9. The molecule has 1 aliphatic rings. The molecule has 1 saturated carbocycles. The summed E-state index contributed by atoms with van der Waals surface area (Å²) in [5.41, 5.74) is -6.16. The molecule has 0 heterocycles. The van der Waals surface area contributed by atoms with Crippen molar-refractivity contribution in [3.8, 4) is 0 Å². The highest BCUT2D eigenvalue weighted by molar-refractivity contribution is 7.55. The first-order valence-electron chi connectivity index (χ1n) is 6.32. The molecule has 1 N–H and O–H groups in total. The fourth-order valence-corrected chi connectivity index (χ4v) is 4.04. The van der Waals surface area contributed by atoms with Crippen LogP contribution in [0, 0.1) is 0 Å². The maximum absolute atomic E-state index is 14.4. The minimum Gasteiger partial charge on any atom is -0.383 e. The molecule has 0 amide bonds. The van der Waals surface area contributed by atoms with Gasteiger partial charge in [0.05, 0.1) is 13.2 Å². The maximum Gasteiger partial charge on any atom is 0.402 e. The highest BCUT2D eigenvalue weighted by atomic mass is 31.2. The third kappa shape index (κ3) is 2.77. The highest BCUT2D eigenvalue weighted by Gasteiger charge is 2.66. The van der Waals surface area contributed by atoms with E-state index in [-0.39, 0.29) is 26.1 Å². The van der Waals surface area contributed by atoms with Gasteiger partial charge in [-0.2, -0.15) is 8.78 Å². The Morgan fingerprint density at radius 2 is 1.61 bits per heavy atom. The molecule has 0 spiro atoms. The van der Waals surface area contributed by atoms with Crippen molar-refractivity contribution in [3.05, 3.63) is 0 Å². The molecule has 108 valence electrons. The van der Waals surface area contributed by atoms with E-state index in [1.54, 1.807) is 0 Å². The van der Waals surface area contributed by atoms with Crippen LogP contribution in [0.15, 0.2) is 0 Å². The molecule has 4 nitrogen and oxygen atoms in total. The third-order valence-electron chi connectivity index (χ3n) is 3.18. The summed E-state index contributed by atoms with van der Waals surface area (Å²) < 4.78 is 50.2. The van der Waals surface area contributed by atoms with Crippen LogP contribution in [0.5, 0.6) is 0 Å². The lowest BCUT2D eigenvalue weighted by molar-refractivity contribution is -0.157. The summed E-state index contributed by atoms with van der Waals surface area (Å²) in [6, 6.07) is 0. The van der Waals surface area contributed by atoms with Gasteiger partial charge in [0.15, 0.2) is 0 Å². The van der Waals surface area contributed by atoms with E-state index in [4.69, 9.17) is 0 Å². The van der Waals surface area contributed by atoms with Crippen LogP contribution in [0.1, 0.15) is 46.0 Å². The summed E-state index contributed by atoms with van der Waals surface area (Å²) in [6.07, 6.45) is 1.62. The third-order valence-corrected chi connectivity index (χ3v) is 5.48. The van der Waals surface area contributed by atoms with Crippen LogP contribution < -0.4 is 0 Å². The van der Waals surface area contributed by atoms with Crippen molar-refractivity contribution in [2.45, 2.75) is 57.2 Å². The summed E-state index contributed by atoms with van der Waals surface area (Å²) in [5, 5.41) is 10.1. The van der Waals surface area contributed by atoms with Crippen molar-refractivity contribution in [3.63, 3.8) is 0 Å². The number of aliphatic hydroxyl groups is 1. The van der Waals surface area contributed by atoms with Crippen LogP contribution in [0.4, 0.5) is 8.78 Å². The van der Waals surface area contributed by atoms with Crippen molar-refractivity contribution >= 4 is 7.60 Å². The number of rotatable bonds is 6. The summed E-state index contributed by atoms with van der Waals surface area (Å²) in [5.74, 6) is 0. The van der Waals surface area contributed by atoms with Gasteiger partial charge in [0.2, 0.25) is 0 Å². The first kappa shape index (κ1) is 16.0. The zero-order valence-corrected chi connectivity index (χ0v) is 11.7. The van der Waals surface area contributed by atoms with E-state index in [0.29, 0.717) is 12.8 Å². The molecule has 1 aliphatic carbocycles. The molecule has 0 bridgehead atoms. The zero-order valence-electron chi connectivity index (χ0n) is 10.8. The molecular weight excluding hydrogens is 265 g/mol. The van der Waals surface area contributed by atoms with Crippen LogP contribution in [0.3, 0.4) is 0 Å². The molecule has 0 aromatic rings. The van der Waals surface area contributed by atoms with E-state index in [1.807, 2.05) is 0 Å². The minimum absolute atomic E-state index is 0.0792. The van der Waals surface area contributed by atoms with E-state index >= 15 is 0 Å². The molecule has 0 atom stereocenters. The van der Waals surface area contributed by atoms with Crippen molar-refractivity contribution in [1.29, 1.82) is 0 Å². The second kappa shape index (κ2) is 5.95. The van der Waals surface area contributed by atoms with E-state index in [2.05, 4.69) is 9.05 Å². The van der Waals surface area contributed by atoms with Gasteiger partial charge in [-0.3, -0.25) is 4.57 Å². The average molecular weight is 286 g/mol. The molecule has 7 heteroatoms. The van der Waals surface area contributed by atoms with Crippen molar-refractivity contribution < 1.29 is 27.5 Å². The molecule has 1 fully saturated rings. The Kier molecular flexibility index (Phi) is 5.30. The molecule has 0 aliphatic heterocycles. The topological polar surface area (TPSA) is 55.8 Å². The van der Waals surface area contributed by atoms with Gasteiger partial charge in [0.1, 0.15) is 5.60 Å². The van der Waals surface area contributed by atoms with Crippen molar-refractivity contribution in [2.75, 3.05) is 13.2 Å². The van der Waals surface area contributed by atoms with Crippen LogP contribution >= 0.6 is 7.60 Å². The Hall–Kier alpha value is -0.0300. The fraction of sp³-hybridized carbons (Fsp3) is 1.00. The SMILES string of the molecule is CCOP(=O)(OCC)C(F)(F)C1(O)CCCCC1. The summed E-state index contributed by atoms with van der Waals surface area (Å²) in [7, 11) is -4.64. The second-order valence-electron chi connectivity index (χ2n) is 4.47. The number of halogens is 2. The molecule has 0 aromatic heterocycles. The van der Waals surface area contributed by atoms with Gasteiger partial charge in [0, 0.05) is 0 Å². The van der Waals surface area contributed by atoms with Crippen LogP contribution in [0.2, 0.25) is 0 Å². The van der Waals surface area contributed by atoms with Crippen molar-refractivity contribution in [1.82, 2.24) is 0 Å². The zero-order chi connectivity index (χ0) is 13.9. The molecule has 1 rings (SSSR count). The number of alkyl halides is 2. The van der Waals surface area contributed by atoms with E-state index in [1.165, 1.54) is 13.8 Å². The van der Waals surface area contributed by atoms with Gasteiger partial charge >= 0.3 is 13.3 Å². The second-order valence-corrected chi connectivity index (χ2v) is 6.54. The standard InChI is InChI=1S/C11H21F2O4P/c1-3-16-18(15,17-4-2)11(12,13)10(14)8-6-5-7-9-10/h14H,3-9H2,1-2H3. The predicted molar refractivity (Wildman–Crippen MR) is 63.8 cm³/mol. The lowest BCUT2D eigenvalue weighted by Crippen LogP contribution is -2.49. The Morgan fingerprint density at radius 1 is 1.17 bits per heavy atom. The number of hydrogen-bond acceptors (Lipinski definition) is 4. The Balaban J connectivity index is 3.03. The molecule has 0 saturated heterocycles. The lowest BCUT2D eigenvalue weighted by atomic mass is 9.85. The van der Waals surface area contributed by atoms with Crippen LogP contribution in [-0.2, 0) is 13.6 Å². The van der Waals surface area contributed by atoms with Gasteiger partial charge in [-0.15, -0.1) is 0 Å². The quantitative estimate of drug-likeness (QED) is 0.759. The van der Waals surface area contributed by atoms with Crippen LogP contribution in [-0.4, -0.2) is 29.6 Å². The monoisotopic (exact) mass is 286 g/mol. The minimum atomic E-state index is -4.64. The summed E-state index contributed by atoms with van der Waals surface area (Å²) >= 11 is 0. The van der Waals surface area contributed by atoms with Gasteiger partial charge in [-0.25, -0.2) is 0 Å². The first-order chi connectivity index (χ1) is 8.33. The van der Waals surface area contributed by atoms with Crippen LogP contribution in [0.25, 0.3) is 0 Å². The van der Waals surface area contributed by atoms with E-state index in [0.717, 1.165) is 6.42 Å². The Bertz CT molecular complexity index is 306. The first-order valence-corrected chi connectivity index (χ1v) is 7.86. The molecule has 0 unspecified atom stereocenters. The van der Waals surface area contributed by atoms with E-state index < -0.39 is 18.9 Å². The van der Waals surface area contributed by atoms with E-state index in [9.17, 15) is 18.5 Å². The fourth-order valence-electron chi connectivity index (χ4n) is 2.23. The molecule has 0 aromatic carbocycles. The highest BCUT2D eigenvalue weighted by Crippen LogP contribution is 2.67. The largest absolute Gasteiger partial charge is 0.402 e. The van der Waals surface area contributed by atoms with Crippen molar-refractivity contribution in [2.24, 2.45) is 0 Å². The summed E-state index contributed by atoms with van der Waals surface area (Å²) in [4.78, 5) is 0. The van der Waals surface area contributed by atoms with Gasteiger partial charge in [-0.05, 0) is 26.7 Å². The predicted octanol–water partition coefficient (Wildman–Crippen LogP) is 3.54. The Labute approximate surface area is 106 Å². The average Bonchev–Trinajstić information content (AvgIpc) is 2.30. The summed E-state index contributed by atoms with van der Waals surface area (Å²) in [6.45, 7) is 2.63. The Morgan fingerprint density at radius 3 is 2.00 bits per heavy atom. The van der Waals surface area contributed by atoms with Gasteiger partial charge in [0.25, 0.3) is 0 Å². The van der Waals surface area contributed by atoms with Gasteiger partial charge < -0.3 is 14.2 Å².